The molecule has 0 unspecified atom stereocenters. The molecule has 1 fully saturated rings. The van der Waals surface area contributed by atoms with Crippen molar-refractivity contribution < 1.29 is 9.47 Å². The van der Waals surface area contributed by atoms with Crippen molar-refractivity contribution in [3.05, 3.63) is 65.4 Å². The second-order valence-corrected chi connectivity index (χ2v) is 7.62. The molecule has 0 spiro atoms. The molecule has 4 heteroatoms. The fourth-order valence-electron chi connectivity index (χ4n) is 4.67. The number of hydrogen-bond donors (Lipinski definition) is 0. The standard InChI is InChI=1S/C24H24N2O2/c1-27-22-13-17-16-8-4-6-10-20(16)26-24(18(17)14-23(22)28-2)21-12-11-15-7-3-5-9-19(15)25-21/h3,5,7,9,11-14,16,20H,4,6,8,10H2,1-2H3/t16-,20-/m0/s1. The lowest BCUT2D eigenvalue weighted by molar-refractivity contribution is 0.349. The van der Waals surface area contributed by atoms with E-state index < -0.39 is 0 Å². The predicted octanol–water partition coefficient (Wildman–Crippen LogP) is 5.13. The number of methoxy groups -OCH3 is 2. The average molecular weight is 372 g/mol. The van der Waals surface area contributed by atoms with E-state index in [2.05, 4.69) is 36.4 Å². The van der Waals surface area contributed by atoms with Crippen molar-refractivity contribution in [3.8, 4) is 11.5 Å². The number of aliphatic imine (C=N–C) groups is 1. The second-order valence-electron chi connectivity index (χ2n) is 7.62. The van der Waals surface area contributed by atoms with Crippen LogP contribution in [0.5, 0.6) is 11.5 Å². The molecular weight excluding hydrogens is 348 g/mol. The largest absolute Gasteiger partial charge is 0.493 e. The van der Waals surface area contributed by atoms with Crippen molar-refractivity contribution in [3.63, 3.8) is 0 Å². The van der Waals surface area contributed by atoms with E-state index in [9.17, 15) is 0 Å². The molecule has 0 saturated heterocycles. The molecule has 0 N–H and O–H groups in total. The van der Waals surface area contributed by atoms with Crippen LogP contribution < -0.4 is 9.47 Å². The first-order chi connectivity index (χ1) is 13.8. The minimum absolute atomic E-state index is 0.322. The van der Waals surface area contributed by atoms with Crippen LogP contribution in [0.15, 0.2) is 53.5 Å². The van der Waals surface area contributed by atoms with Crippen LogP contribution in [0.1, 0.15) is 48.4 Å². The zero-order valence-electron chi connectivity index (χ0n) is 16.3. The highest BCUT2D eigenvalue weighted by molar-refractivity contribution is 6.14. The van der Waals surface area contributed by atoms with Gasteiger partial charge in [0.25, 0.3) is 0 Å². The number of nitrogens with zero attached hydrogens (tertiary/aromatic N) is 2. The van der Waals surface area contributed by atoms with E-state index in [0.717, 1.165) is 45.8 Å². The van der Waals surface area contributed by atoms with Gasteiger partial charge in [0.05, 0.1) is 37.2 Å². The molecule has 1 saturated carbocycles. The van der Waals surface area contributed by atoms with Gasteiger partial charge in [-0.05, 0) is 42.7 Å². The van der Waals surface area contributed by atoms with Crippen molar-refractivity contribution in [2.75, 3.05) is 14.2 Å². The van der Waals surface area contributed by atoms with Gasteiger partial charge in [0.15, 0.2) is 11.5 Å². The second kappa shape index (κ2) is 6.93. The van der Waals surface area contributed by atoms with Gasteiger partial charge < -0.3 is 9.47 Å². The molecule has 1 aliphatic heterocycles. The monoisotopic (exact) mass is 372 g/mol. The van der Waals surface area contributed by atoms with Crippen molar-refractivity contribution in [2.45, 2.75) is 37.6 Å². The van der Waals surface area contributed by atoms with Crippen LogP contribution in [0, 0.1) is 0 Å². The number of para-hydroxylation sites is 1. The summed E-state index contributed by atoms with van der Waals surface area (Å²) in [7, 11) is 3.38. The Balaban J connectivity index is 1.71. The van der Waals surface area contributed by atoms with Crippen molar-refractivity contribution in [1.29, 1.82) is 0 Å². The zero-order chi connectivity index (χ0) is 19.1. The Morgan fingerprint density at radius 3 is 2.54 bits per heavy atom. The Bertz CT molecular complexity index is 1070. The Morgan fingerprint density at radius 1 is 0.893 bits per heavy atom. The molecule has 0 radical (unpaired) electrons. The molecule has 5 rings (SSSR count). The van der Waals surface area contributed by atoms with Gasteiger partial charge in [-0.2, -0.15) is 0 Å². The topological polar surface area (TPSA) is 43.7 Å². The normalized spacial score (nSPS) is 20.9. The van der Waals surface area contributed by atoms with E-state index in [1.165, 1.54) is 24.8 Å². The third-order valence-electron chi connectivity index (χ3n) is 6.08. The zero-order valence-corrected chi connectivity index (χ0v) is 16.3. The highest BCUT2D eigenvalue weighted by Crippen LogP contribution is 2.44. The summed E-state index contributed by atoms with van der Waals surface area (Å²) in [5.74, 6) is 1.98. The summed E-state index contributed by atoms with van der Waals surface area (Å²) < 4.78 is 11.2. The number of rotatable bonds is 3. The van der Waals surface area contributed by atoms with Crippen LogP contribution in [0.4, 0.5) is 0 Å². The third-order valence-corrected chi connectivity index (χ3v) is 6.08. The minimum atomic E-state index is 0.322. The Morgan fingerprint density at radius 2 is 1.68 bits per heavy atom. The van der Waals surface area contributed by atoms with Crippen LogP contribution in [-0.2, 0) is 0 Å². The lowest BCUT2D eigenvalue weighted by atomic mass is 9.75. The third kappa shape index (κ3) is 2.75. The number of aromatic nitrogens is 1. The van der Waals surface area contributed by atoms with E-state index in [-0.39, 0.29) is 0 Å². The van der Waals surface area contributed by atoms with Crippen molar-refractivity contribution in [1.82, 2.24) is 4.98 Å². The molecule has 142 valence electrons. The average Bonchev–Trinajstić information content (AvgIpc) is 2.77. The van der Waals surface area contributed by atoms with Crippen LogP contribution in [0.25, 0.3) is 10.9 Å². The highest BCUT2D eigenvalue weighted by atomic mass is 16.5. The Hall–Kier alpha value is -2.88. The molecule has 2 heterocycles. The van der Waals surface area contributed by atoms with Gasteiger partial charge in [0.1, 0.15) is 0 Å². The molecule has 2 aromatic carbocycles. The number of fused-ring (bicyclic) bond motifs is 4. The van der Waals surface area contributed by atoms with Crippen LogP contribution in [-0.4, -0.2) is 31.0 Å². The first-order valence-corrected chi connectivity index (χ1v) is 9.99. The molecule has 28 heavy (non-hydrogen) atoms. The summed E-state index contributed by atoms with van der Waals surface area (Å²) in [6.07, 6.45) is 4.81. The maximum atomic E-state index is 5.60. The molecule has 0 bridgehead atoms. The summed E-state index contributed by atoms with van der Waals surface area (Å²) in [5.41, 5.74) is 5.35. The summed E-state index contributed by atoms with van der Waals surface area (Å²) in [6.45, 7) is 0. The van der Waals surface area contributed by atoms with E-state index in [4.69, 9.17) is 19.5 Å². The van der Waals surface area contributed by atoms with Crippen LogP contribution in [0.2, 0.25) is 0 Å². The summed E-state index contributed by atoms with van der Waals surface area (Å²) in [5, 5.41) is 1.14. The molecule has 2 aliphatic rings. The molecule has 2 atom stereocenters. The van der Waals surface area contributed by atoms with Crippen molar-refractivity contribution in [2.24, 2.45) is 4.99 Å². The molecule has 4 nitrogen and oxygen atoms in total. The first kappa shape index (κ1) is 17.2. The fraction of sp³-hybridized carbons (Fsp3) is 0.333. The van der Waals surface area contributed by atoms with Gasteiger partial charge in [-0.1, -0.05) is 37.1 Å². The van der Waals surface area contributed by atoms with E-state index in [1.54, 1.807) is 14.2 Å². The molecule has 1 aromatic heterocycles. The number of benzene rings is 2. The maximum Gasteiger partial charge on any atom is 0.161 e. The smallest absolute Gasteiger partial charge is 0.161 e. The van der Waals surface area contributed by atoms with E-state index in [0.29, 0.717) is 12.0 Å². The molecular formula is C24H24N2O2. The molecule has 3 aromatic rings. The summed E-state index contributed by atoms with van der Waals surface area (Å²) >= 11 is 0. The highest BCUT2D eigenvalue weighted by Gasteiger charge is 2.35. The fourth-order valence-corrected chi connectivity index (χ4v) is 4.67. The Labute approximate surface area is 165 Å². The van der Waals surface area contributed by atoms with Gasteiger partial charge in [-0.3, -0.25) is 4.99 Å². The molecule has 1 aliphatic carbocycles. The number of ether oxygens (including phenoxy) is 2. The maximum absolute atomic E-state index is 5.60. The SMILES string of the molecule is COc1cc2c(cc1OC)[C@@H]1CCCC[C@@H]1N=C2c1ccc2ccccc2n1. The van der Waals surface area contributed by atoms with Gasteiger partial charge in [0, 0.05) is 16.9 Å². The van der Waals surface area contributed by atoms with Gasteiger partial charge in [0.2, 0.25) is 0 Å². The van der Waals surface area contributed by atoms with Gasteiger partial charge >= 0.3 is 0 Å². The minimum Gasteiger partial charge on any atom is -0.493 e. The summed E-state index contributed by atoms with van der Waals surface area (Å²) in [6, 6.07) is 17.0. The quantitative estimate of drug-likeness (QED) is 0.640. The van der Waals surface area contributed by atoms with Crippen LogP contribution >= 0.6 is 0 Å². The van der Waals surface area contributed by atoms with Gasteiger partial charge in [-0.15, -0.1) is 0 Å². The predicted molar refractivity (Wildman–Crippen MR) is 112 cm³/mol. The van der Waals surface area contributed by atoms with Gasteiger partial charge in [-0.25, -0.2) is 4.98 Å². The number of pyridine rings is 1. The summed E-state index contributed by atoms with van der Waals surface area (Å²) in [4.78, 5) is 10.1. The van der Waals surface area contributed by atoms with Crippen LogP contribution in [0.3, 0.4) is 0 Å². The Kier molecular flexibility index (Phi) is 4.27. The lowest BCUT2D eigenvalue weighted by Crippen LogP contribution is -2.30. The lowest BCUT2D eigenvalue weighted by Gasteiger charge is -2.35. The molecule has 0 amide bonds. The van der Waals surface area contributed by atoms with E-state index >= 15 is 0 Å². The first-order valence-electron chi connectivity index (χ1n) is 9.99. The number of hydrogen-bond acceptors (Lipinski definition) is 4. The van der Waals surface area contributed by atoms with E-state index in [1.807, 2.05) is 12.1 Å². The van der Waals surface area contributed by atoms with Crippen molar-refractivity contribution >= 4 is 16.6 Å².